The lowest BCUT2D eigenvalue weighted by molar-refractivity contribution is -0.176. The van der Waals surface area contributed by atoms with E-state index >= 15 is 0 Å². The lowest BCUT2D eigenvalue weighted by atomic mass is 9.66. The fourth-order valence-corrected chi connectivity index (χ4v) is 4.59. The predicted octanol–water partition coefficient (Wildman–Crippen LogP) is 1.91. The number of likely N-dealkylation sites (tertiary alicyclic amines) is 1. The van der Waals surface area contributed by atoms with Crippen LogP contribution >= 0.6 is 0 Å². The summed E-state index contributed by atoms with van der Waals surface area (Å²) in [4.78, 5) is 39.4. The number of hydrogen-bond donors (Lipinski definition) is 0. The molecular weight excluding hydrogens is 310 g/mol. The number of amides is 1. The minimum Gasteiger partial charge on any atom is -0.466 e. The second-order valence-electron chi connectivity index (χ2n) is 8.02. The van der Waals surface area contributed by atoms with Gasteiger partial charge in [0.25, 0.3) is 5.91 Å². The van der Waals surface area contributed by atoms with E-state index in [0.717, 1.165) is 12.8 Å². The number of fused-ring (bicyclic) bond motifs is 2. The molecule has 6 heteroatoms. The first-order chi connectivity index (χ1) is 11.2. The Hall–Kier alpha value is -1.59. The number of carbonyl (C=O) groups excluding carboxylic acids is 3. The van der Waals surface area contributed by atoms with E-state index in [1.165, 1.54) is 0 Å². The van der Waals surface area contributed by atoms with Crippen molar-refractivity contribution in [2.45, 2.75) is 59.0 Å². The summed E-state index contributed by atoms with van der Waals surface area (Å²) in [7, 11) is 0. The molecular formula is C18H27NO5. The van der Waals surface area contributed by atoms with Crippen molar-refractivity contribution in [2.75, 3.05) is 19.7 Å². The van der Waals surface area contributed by atoms with Gasteiger partial charge in [-0.25, -0.2) is 0 Å². The van der Waals surface area contributed by atoms with Crippen LogP contribution in [0.15, 0.2) is 0 Å². The fraction of sp³-hybridized carbons (Fsp3) is 0.833. The number of nitrogens with zero attached hydrogens (tertiary/aromatic N) is 1. The minimum atomic E-state index is -1.09. The average molecular weight is 337 g/mol. The molecule has 3 aliphatic rings. The summed E-state index contributed by atoms with van der Waals surface area (Å²) in [6, 6.07) is 0. The average Bonchev–Trinajstić information content (AvgIpc) is 2.85. The zero-order valence-electron chi connectivity index (χ0n) is 15.0. The van der Waals surface area contributed by atoms with Crippen molar-refractivity contribution in [3.8, 4) is 0 Å². The van der Waals surface area contributed by atoms with Gasteiger partial charge in [0.1, 0.15) is 0 Å². The van der Waals surface area contributed by atoms with Gasteiger partial charge in [-0.05, 0) is 39.5 Å². The molecule has 134 valence electrons. The van der Waals surface area contributed by atoms with Gasteiger partial charge in [0.15, 0.2) is 5.60 Å². The molecule has 3 fully saturated rings. The summed E-state index contributed by atoms with van der Waals surface area (Å²) in [5.74, 6) is -0.944. The van der Waals surface area contributed by atoms with E-state index in [2.05, 4.69) is 0 Å². The minimum absolute atomic E-state index is 0.143. The molecule has 0 aromatic heterocycles. The maximum atomic E-state index is 13.3. The molecule has 3 rings (SSSR count). The van der Waals surface area contributed by atoms with E-state index in [9.17, 15) is 14.4 Å². The number of esters is 2. The highest BCUT2D eigenvalue weighted by atomic mass is 16.6. The maximum absolute atomic E-state index is 13.3. The van der Waals surface area contributed by atoms with Crippen LogP contribution in [0.25, 0.3) is 0 Å². The molecule has 2 saturated heterocycles. The molecule has 0 aromatic carbocycles. The van der Waals surface area contributed by atoms with Gasteiger partial charge in [-0.2, -0.15) is 0 Å². The molecule has 0 N–H and O–H groups in total. The monoisotopic (exact) mass is 337 g/mol. The van der Waals surface area contributed by atoms with Crippen LogP contribution < -0.4 is 0 Å². The Morgan fingerprint density at radius 1 is 1.29 bits per heavy atom. The second-order valence-corrected chi connectivity index (χ2v) is 8.02. The summed E-state index contributed by atoms with van der Waals surface area (Å²) < 4.78 is 10.8. The van der Waals surface area contributed by atoms with Crippen molar-refractivity contribution >= 4 is 17.8 Å². The van der Waals surface area contributed by atoms with E-state index in [1.807, 2.05) is 20.8 Å². The SMILES string of the molecule is CCOC(=O)[C@@H]1CCCN(C(=O)[C@@]23CC[C@](C)(C(=O)O2)C3(C)C)C1. The van der Waals surface area contributed by atoms with Gasteiger partial charge in [-0.15, -0.1) is 0 Å². The van der Waals surface area contributed by atoms with E-state index in [0.29, 0.717) is 32.5 Å². The molecule has 1 amide bonds. The molecule has 0 radical (unpaired) electrons. The number of piperidine rings is 1. The normalized spacial score (nSPS) is 37.2. The Morgan fingerprint density at radius 2 is 2.00 bits per heavy atom. The quantitative estimate of drug-likeness (QED) is 0.736. The summed E-state index contributed by atoms with van der Waals surface area (Å²) >= 11 is 0. The van der Waals surface area contributed by atoms with Crippen molar-refractivity contribution in [1.29, 1.82) is 0 Å². The molecule has 0 aromatic rings. The zero-order valence-corrected chi connectivity index (χ0v) is 15.0. The highest BCUT2D eigenvalue weighted by molar-refractivity contribution is 5.96. The van der Waals surface area contributed by atoms with Crippen LogP contribution in [-0.2, 0) is 23.9 Å². The first-order valence-electron chi connectivity index (χ1n) is 8.89. The van der Waals surface area contributed by atoms with E-state index in [4.69, 9.17) is 9.47 Å². The van der Waals surface area contributed by atoms with Crippen molar-refractivity contribution in [1.82, 2.24) is 4.90 Å². The topological polar surface area (TPSA) is 72.9 Å². The molecule has 6 nitrogen and oxygen atoms in total. The summed E-state index contributed by atoms with van der Waals surface area (Å²) in [6.07, 6.45) is 2.72. The number of hydrogen-bond acceptors (Lipinski definition) is 5. The van der Waals surface area contributed by atoms with Crippen molar-refractivity contribution in [2.24, 2.45) is 16.7 Å². The highest BCUT2D eigenvalue weighted by Crippen LogP contribution is 2.66. The maximum Gasteiger partial charge on any atom is 0.313 e. The molecule has 0 unspecified atom stereocenters. The van der Waals surface area contributed by atoms with Crippen LogP contribution in [0.4, 0.5) is 0 Å². The molecule has 1 saturated carbocycles. The second kappa shape index (κ2) is 5.46. The van der Waals surface area contributed by atoms with Gasteiger partial charge in [-0.3, -0.25) is 14.4 Å². The largest absolute Gasteiger partial charge is 0.466 e. The van der Waals surface area contributed by atoms with Crippen LogP contribution in [0, 0.1) is 16.7 Å². The number of rotatable bonds is 3. The highest BCUT2D eigenvalue weighted by Gasteiger charge is 2.76. The van der Waals surface area contributed by atoms with Gasteiger partial charge in [0.05, 0.1) is 17.9 Å². The molecule has 1 aliphatic carbocycles. The van der Waals surface area contributed by atoms with Gasteiger partial charge in [0, 0.05) is 18.5 Å². The van der Waals surface area contributed by atoms with Crippen LogP contribution in [0.1, 0.15) is 53.4 Å². The smallest absolute Gasteiger partial charge is 0.313 e. The predicted molar refractivity (Wildman–Crippen MR) is 85.9 cm³/mol. The fourth-order valence-electron chi connectivity index (χ4n) is 4.59. The van der Waals surface area contributed by atoms with E-state index < -0.39 is 16.4 Å². The summed E-state index contributed by atoms with van der Waals surface area (Å²) in [5, 5.41) is 0. The Kier molecular flexibility index (Phi) is 3.92. The van der Waals surface area contributed by atoms with Crippen LogP contribution in [0.2, 0.25) is 0 Å². The first kappa shape index (κ1) is 17.2. The van der Waals surface area contributed by atoms with E-state index in [-0.39, 0.29) is 23.8 Å². The number of ether oxygens (including phenoxy) is 2. The van der Waals surface area contributed by atoms with Gasteiger partial charge in [-0.1, -0.05) is 13.8 Å². The van der Waals surface area contributed by atoms with E-state index in [1.54, 1.807) is 11.8 Å². The zero-order chi connectivity index (χ0) is 17.8. The lowest BCUT2D eigenvalue weighted by Crippen LogP contribution is -2.57. The van der Waals surface area contributed by atoms with Crippen LogP contribution in [-0.4, -0.2) is 48.0 Å². The molecule has 2 heterocycles. The van der Waals surface area contributed by atoms with Gasteiger partial charge < -0.3 is 14.4 Å². The van der Waals surface area contributed by atoms with Crippen molar-refractivity contribution < 1.29 is 23.9 Å². The third-order valence-electron chi connectivity index (χ3n) is 6.76. The Morgan fingerprint density at radius 3 is 2.54 bits per heavy atom. The molecule has 0 spiro atoms. The lowest BCUT2D eigenvalue weighted by Gasteiger charge is -2.41. The Balaban J connectivity index is 1.82. The third-order valence-corrected chi connectivity index (χ3v) is 6.76. The number of carbonyl (C=O) groups is 3. The molecule has 3 atom stereocenters. The first-order valence-corrected chi connectivity index (χ1v) is 8.89. The Labute approximate surface area is 142 Å². The molecule has 24 heavy (non-hydrogen) atoms. The van der Waals surface area contributed by atoms with Crippen LogP contribution in [0.3, 0.4) is 0 Å². The standard InChI is InChI=1S/C18H27NO5/c1-5-23-13(20)12-7-6-10-19(11-12)14(21)18-9-8-17(4,15(22)24-18)16(18,2)3/h12H,5-11H2,1-4H3/t12-,17-,18-/m1/s1. The summed E-state index contributed by atoms with van der Waals surface area (Å²) in [6.45, 7) is 8.88. The Bertz CT molecular complexity index is 586. The summed E-state index contributed by atoms with van der Waals surface area (Å²) in [5.41, 5.74) is -2.25. The van der Waals surface area contributed by atoms with Gasteiger partial charge in [0.2, 0.25) is 0 Å². The van der Waals surface area contributed by atoms with Crippen LogP contribution in [0.5, 0.6) is 0 Å². The molecule has 2 bridgehead atoms. The third kappa shape index (κ3) is 2.04. The van der Waals surface area contributed by atoms with Gasteiger partial charge >= 0.3 is 11.9 Å². The molecule has 2 aliphatic heterocycles. The van der Waals surface area contributed by atoms with Crippen molar-refractivity contribution in [3.05, 3.63) is 0 Å². The van der Waals surface area contributed by atoms with Crippen molar-refractivity contribution in [3.63, 3.8) is 0 Å².